The Labute approximate surface area is 210 Å². The van der Waals surface area contributed by atoms with E-state index in [1.54, 1.807) is 19.2 Å². The highest BCUT2D eigenvalue weighted by Crippen LogP contribution is 2.49. The van der Waals surface area contributed by atoms with Crippen LogP contribution in [0.1, 0.15) is 12.5 Å². The number of carbonyl (C=O) groups excluding carboxylic acids is 1. The lowest BCUT2D eigenvalue weighted by molar-refractivity contribution is -0.122. The van der Waals surface area contributed by atoms with Gasteiger partial charge in [-0.3, -0.25) is 14.8 Å². The fourth-order valence-electron chi connectivity index (χ4n) is 5.03. The minimum Gasteiger partial charge on any atom is -0.617 e. The van der Waals surface area contributed by atoms with Crippen molar-refractivity contribution in [2.45, 2.75) is 13.0 Å². The second-order valence-electron chi connectivity index (χ2n) is 8.90. The van der Waals surface area contributed by atoms with Crippen molar-refractivity contribution in [2.24, 2.45) is 0 Å². The van der Waals surface area contributed by atoms with E-state index in [1.165, 1.54) is 11.3 Å². The normalized spacial score (nSPS) is 19.7. The molecule has 4 aromatic rings. The number of amides is 1. The Morgan fingerprint density at radius 2 is 1.97 bits per heavy atom. The Kier molecular flexibility index (Phi) is 4.47. The molecule has 4 heterocycles. The predicted molar refractivity (Wildman–Crippen MR) is 143 cm³/mol. The molecule has 36 heavy (non-hydrogen) atoms. The van der Waals surface area contributed by atoms with Crippen LogP contribution in [0.25, 0.3) is 27.7 Å². The third-order valence-electron chi connectivity index (χ3n) is 6.67. The zero-order chi connectivity index (χ0) is 24.4. The van der Waals surface area contributed by atoms with Gasteiger partial charge in [0, 0.05) is 22.7 Å². The molecule has 8 heteroatoms. The lowest BCUT2D eigenvalue weighted by atomic mass is 10.0. The molecule has 3 aliphatic heterocycles. The Morgan fingerprint density at radius 3 is 2.86 bits per heavy atom. The Morgan fingerprint density at radius 1 is 1.14 bits per heavy atom. The van der Waals surface area contributed by atoms with E-state index in [0.717, 1.165) is 37.5 Å². The van der Waals surface area contributed by atoms with Gasteiger partial charge in [0.1, 0.15) is 17.6 Å². The van der Waals surface area contributed by atoms with E-state index in [-0.39, 0.29) is 5.91 Å². The molecule has 0 saturated heterocycles. The third kappa shape index (κ3) is 3.06. The average molecular weight is 493 g/mol. The molecule has 2 atom stereocenters. The minimum atomic E-state index is -0.744. The van der Waals surface area contributed by atoms with E-state index in [9.17, 15) is 10.0 Å². The quantitative estimate of drug-likeness (QED) is 0.333. The van der Waals surface area contributed by atoms with Crippen LogP contribution < -0.4 is 30.5 Å². The van der Waals surface area contributed by atoms with Gasteiger partial charge in [-0.25, -0.2) is 4.98 Å². The fourth-order valence-corrected chi connectivity index (χ4v) is 5.90. The summed E-state index contributed by atoms with van der Waals surface area (Å²) in [5.74, 6) is 0.262. The maximum atomic E-state index is 14.1. The summed E-state index contributed by atoms with van der Waals surface area (Å²) in [6, 6.07) is 21.0. The van der Waals surface area contributed by atoms with Crippen LogP contribution in [0.5, 0.6) is 5.75 Å². The number of nitrogens with one attached hydrogen (secondary N) is 2. The van der Waals surface area contributed by atoms with Gasteiger partial charge >= 0.3 is 0 Å². The molecule has 0 bridgehead atoms. The zero-order valence-electron chi connectivity index (χ0n) is 19.2. The summed E-state index contributed by atoms with van der Waals surface area (Å²) >= 11 is 1.42. The molecule has 0 fully saturated rings. The van der Waals surface area contributed by atoms with Crippen LogP contribution in [0.15, 0.2) is 84.7 Å². The Hall–Kier alpha value is -4.24. The Balaban J connectivity index is 1.22. The van der Waals surface area contributed by atoms with Crippen molar-refractivity contribution in [3.63, 3.8) is 0 Å². The maximum Gasteiger partial charge on any atom is 0.266 e. The lowest BCUT2D eigenvalue weighted by Crippen LogP contribution is -2.48. The summed E-state index contributed by atoms with van der Waals surface area (Å²) in [5.41, 5.74) is 4.85. The first-order valence-electron chi connectivity index (χ1n) is 11.6. The van der Waals surface area contributed by atoms with E-state index in [2.05, 4.69) is 15.6 Å². The summed E-state index contributed by atoms with van der Waals surface area (Å²) in [6.07, 6.45) is 4.79. The van der Waals surface area contributed by atoms with Crippen LogP contribution in [0.2, 0.25) is 0 Å². The van der Waals surface area contributed by atoms with Crippen molar-refractivity contribution >= 4 is 55.7 Å². The first-order valence-corrected chi connectivity index (χ1v) is 12.4. The van der Waals surface area contributed by atoms with Crippen molar-refractivity contribution in [2.75, 3.05) is 5.32 Å². The molecule has 7 nitrogen and oxygen atoms in total. The number of benzene rings is 3. The Bertz CT molecular complexity index is 1750. The SMILES string of the molecule is CC(Oc1ccc2c(c1)=C1NC=CC3=C1[N+]([O-])(C=2)c1ccccc13)C(=O)Nc1nc2ccccc2s1. The van der Waals surface area contributed by atoms with Gasteiger partial charge in [0.2, 0.25) is 0 Å². The number of hydrogen-bond acceptors (Lipinski definition) is 6. The number of para-hydroxylation sites is 2. The molecule has 0 saturated carbocycles. The highest BCUT2D eigenvalue weighted by Gasteiger charge is 2.43. The van der Waals surface area contributed by atoms with Gasteiger partial charge in [-0.15, -0.1) is 0 Å². The molecule has 0 aliphatic carbocycles. The molecule has 1 aromatic heterocycles. The van der Waals surface area contributed by atoms with E-state index in [1.807, 2.05) is 72.9 Å². The van der Waals surface area contributed by atoms with E-state index >= 15 is 0 Å². The monoisotopic (exact) mass is 492 g/mol. The summed E-state index contributed by atoms with van der Waals surface area (Å²) in [7, 11) is 0. The molecule has 7 rings (SSSR count). The third-order valence-corrected chi connectivity index (χ3v) is 7.63. The van der Waals surface area contributed by atoms with Gasteiger partial charge in [-0.1, -0.05) is 35.6 Å². The van der Waals surface area contributed by atoms with Crippen LogP contribution >= 0.6 is 11.3 Å². The number of thiazole rings is 1. The van der Waals surface area contributed by atoms with Gasteiger partial charge in [-0.2, -0.15) is 0 Å². The van der Waals surface area contributed by atoms with Crippen molar-refractivity contribution < 1.29 is 9.53 Å². The van der Waals surface area contributed by atoms with Crippen molar-refractivity contribution in [1.29, 1.82) is 0 Å². The van der Waals surface area contributed by atoms with Gasteiger partial charge in [0.05, 0.1) is 21.4 Å². The molecule has 3 aromatic carbocycles. The van der Waals surface area contributed by atoms with Crippen molar-refractivity contribution in [3.05, 3.63) is 106 Å². The van der Waals surface area contributed by atoms with Crippen LogP contribution in [0.4, 0.5) is 10.8 Å². The molecular formula is C28H20N4O3S. The van der Waals surface area contributed by atoms with Crippen LogP contribution in [-0.4, -0.2) is 17.0 Å². The molecule has 2 N–H and O–H groups in total. The summed E-state index contributed by atoms with van der Waals surface area (Å²) < 4.78 is 6.39. The maximum absolute atomic E-state index is 14.1. The molecule has 0 spiro atoms. The van der Waals surface area contributed by atoms with E-state index in [0.29, 0.717) is 22.3 Å². The number of ether oxygens (including phenoxy) is 1. The zero-order valence-corrected chi connectivity index (χ0v) is 20.0. The van der Waals surface area contributed by atoms with E-state index < -0.39 is 10.8 Å². The number of anilines is 1. The van der Waals surface area contributed by atoms with Gasteiger partial charge in [-0.05, 0) is 49.4 Å². The molecule has 3 aliphatic rings. The summed E-state index contributed by atoms with van der Waals surface area (Å²) in [5, 5.41) is 22.5. The number of aromatic nitrogens is 1. The van der Waals surface area contributed by atoms with Gasteiger partial charge < -0.3 is 15.3 Å². The van der Waals surface area contributed by atoms with Crippen LogP contribution in [0.3, 0.4) is 0 Å². The van der Waals surface area contributed by atoms with Gasteiger partial charge in [0.15, 0.2) is 22.6 Å². The first-order chi connectivity index (χ1) is 17.5. The minimum absolute atomic E-state index is 0.281. The smallest absolute Gasteiger partial charge is 0.266 e. The first kappa shape index (κ1) is 21.1. The largest absolute Gasteiger partial charge is 0.617 e. The highest BCUT2D eigenvalue weighted by molar-refractivity contribution is 7.22. The van der Waals surface area contributed by atoms with E-state index in [4.69, 9.17) is 4.74 Å². The number of dihydropyridines is 1. The molecule has 0 radical (unpaired) electrons. The fraction of sp³-hybridized carbons (Fsp3) is 0.0714. The second kappa shape index (κ2) is 7.63. The van der Waals surface area contributed by atoms with Crippen LogP contribution in [0, 0.1) is 5.21 Å². The van der Waals surface area contributed by atoms with Crippen molar-refractivity contribution in [3.8, 4) is 5.75 Å². The molecule has 2 unspecified atom stereocenters. The number of quaternary nitrogens is 1. The number of carbonyl (C=O) groups is 1. The number of allylic oxidation sites excluding steroid dienone is 2. The van der Waals surface area contributed by atoms with Crippen LogP contribution in [-0.2, 0) is 4.79 Å². The number of fused-ring (bicyclic) bond motifs is 5. The highest BCUT2D eigenvalue weighted by atomic mass is 32.1. The van der Waals surface area contributed by atoms with Gasteiger partial charge in [0.25, 0.3) is 5.91 Å². The molecular weight excluding hydrogens is 472 g/mol. The average Bonchev–Trinajstić information content (AvgIpc) is 3.41. The lowest BCUT2D eigenvalue weighted by Gasteiger charge is -2.39. The number of rotatable bonds is 4. The topological polar surface area (TPSA) is 86.3 Å². The number of hydrogen-bond donors (Lipinski definition) is 2. The predicted octanol–water partition coefficient (Wildman–Crippen LogP) is 3.91. The summed E-state index contributed by atoms with van der Waals surface area (Å²) in [6.45, 7) is 1.71. The standard InChI is InChI=1S/C28H20N4O3S/c1-16(27(33)31-28-30-22-7-3-5-9-24(22)36-28)35-18-11-10-17-15-32(34)23-8-4-2-6-19(23)20-12-13-29-25(26(20)32)21(17)14-18/h2-16,29H,1H3,(H,30,31,33). The molecule has 176 valence electrons. The number of nitrogens with zero attached hydrogens (tertiary/aromatic N) is 2. The second-order valence-corrected chi connectivity index (χ2v) is 9.93. The summed E-state index contributed by atoms with van der Waals surface area (Å²) in [4.78, 5) is 17.3. The molecule has 1 amide bonds. The number of hydroxylamine groups is 2. The van der Waals surface area contributed by atoms with Crippen molar-refractivity contribution in [1.82, 2.24) is 14.9 Å².